The topological polar surface area (TPSA) is 45.9 Å². The van der Waals surface area contributed by atoms with Crippen LogP contribution in [-0.2, 0) is 4.74 Å². The molecule has 3 unspecified atom stereocenters. The molecule has 0 bridgehead atoms. The molecule has 1 aliphatic carbocycles. The number of nitrogens with zero attached hydrogens (tertiary/aromatic N) is 2. The lowest BCUT2D eigenvalue weighted by Crippen LogP contribution is -2.42. The van der Waals surface area contributed by atoms with E-state index in [2.05, 4.69) is 23.2 Å². The third kappa shape index (κ3) is 2.37. The number of hydrogen-bond acceptors (Lipinski definition) is 3. The van der Waals surface area contributed by atoms with Gasteiger partial charge in [0.2, 0.25) is 0 Å². The van der Waals surface area contributed by atoms with Crippen molar-refractivity contribution >= 4 is 0 Å². The molecule has 1 aromatic heterocycles. The minimum absolute atomic E-state index is 0.0475. The first-order chi connectivity index (χ1) is 9.34. The quantitative estimate of drug-likeness (QED) is 0.814. The Labute approximate surface area is 114 Å². The van der Waals surface area contributed by atoms with Gasteiger partial charge in [0.1, 0.15) is 0 Å². The number of hydrogen-bond donors (Lipinski definition) is 0. The van der Waals surface area contributed by atoms with E-state index < -0.39 is 0 Å². The number of nitriles is 1. The smallest absolute Gasteiger partial charge is 0.0768 e. The Kier molecular flexibility index (Phi) is 3.52. The van der Waals surface area contributed by atoms with E-state index in [0.717, 1.165) is 38.0 Å². The fraction of sp³-hybridized carbons (Fsp3) is 0.625. The highest BCUT2D eigenvalue weighted by molar-refractivity contribution is 5.18. The van der Waals surface area contributed by atoms with Gasteiger partial charge < -0.3 is 4.74 Å². The molecule has 0 radical (unpaired) electrons. The summed E-state index contributed by atoms with van der Waals surface area (Å²) < 4.78 is 6.22. The third-order valence-electron chi connectivity index (χ3n) is 4.70. The Morgan fingerprint density at radius 2 is 2.37 bits per heavy atom. The molecule has 1 saturated carbocycles. The predicted octanol–water partition coefficient (Wildman–Crippen LogP) is 3.43. The van der Waals surface area contributed by atoms with Crippen molar-refractivity contribution < 1.29 is 4.74 Å². The second-order valence-corrected chi connectivity index (χ2v) is 5.83. The van der Waals surface area contributed by atoms with Gasteiger partial charge >= 0.3 is 0 Å². The highest BCUT2D eigenvalue weighted by Crippen LogP contribution is 2.50. The van der Waals surface area contributed by atoms with Crippen LogP contribution in [0.5, 0.6) is 0 Å². The summed E-state index contributed by atoms with van der Waals surface area (Å²) in [6, 6.07) is 8.47. The summed E-state index contributed by atoms with van der Waals surface area (Å²) in [5.41, 5.74) is 1.12. The molecule has 0 N–H and O–H groups in total. The average Bonchev–Trinajstić information content (AvgIpc) is 2.83. The van der Waals surface area contributed by atoms with Crippen molar-refractivity contribution in [2.24, 2.45) is 5.92 Å². The fourth-order valence-electron chi connectivity index (χ4n) is 3.84. The molecule has 1 saturated heterocycles. The molecule has 3 nitrogen and oxygen atoms in total. The van der Waals surface area contributed by atoms with Crippen LogP contribution in [0.3, 0.4) is 0 Å². The van der Waals surface area contributed by atoms with E-state index in [-0.39, 0.29) is 5.60 Å². The van der Waals surface area contributed by atoms with Gasteiger partial charge in [0, 0.05) is 30.8 Å². The fourth-order valence-corrected chi connectivity index (χ4v) is 3.84. The van der Waals surface area contributed by atoms with Gasteiger partial charge in [-0.15, -0.1) is 0 Å². The molecule has 3 atom stereocenters. The highest BCUT2D eigenvalue weighted by atomic mass is 16.5. The Morgan fingerprint density at radius 1 is 1.42 bits per heavy atom. The van der Waals surface area contributed by atoms with Crippen LogP contribution >= 0.6 is 0 Å². The van der Waals surface area contributed by atoms with E-state index in [9.17, 15) is 0 Å². The molecule has 0 aromatic carbocycles. The van der Waals surface area contributed by atoms with Gasteiger partial charge in [-0.25, -0.2) is 0 Å². The van der Waals surface area contributed by atoms with Gasteiger partial charge in [-0.3, -0.25) is 4.98 Å². The Balaban J connectivity index is 1.84. The van der Waals surface area contributed by atoms with E-state index in [0.29, 0.717) is 18.3 Å². The van der Waals surface area contributed by atoms with Crippen LogP contribution < -0.4 is 0 Å². The van der Waals surface area contributed by atoms with Gasteiger partial charge in [0.05, 0.1) is 11.7 Å². The van der Waals surface area contributed by atoms with Crippen molar-refractivity contribution in [3.8, 4) is 6.07 Å². The minimum Gasteiger partial charge on any atom is -0.374 e. The molecule has 1 spiro atoms. The van der Waals surface area contributed by atoms with Gasteiger partial charge in [-0.2, -0.15) is 5.26 Å². The Morgan fingerprint density at radius 3 is 3.16 bits per heavy atom. The maximum absolute atomic E-state index is 8.93. The normalized spacial score (nSPS) is 34.3. The average molecular weight is 256 g/mol. The largest absolute Gasteiger partial charge is 0.374 e. The summed E-state index contributed by atoms with van der Waals surface area (Å²) in [5, 5.41) is 8.93. The van der Waals surface area contributed by atoms with E-state index in [1.54, 1.807) is 0 Å². The zero-order chi connectivity index (χ0) is 13.1. The number of ether oxygens (including phenoxy) is 1. The van der Waals surface area contributed by atoms with E-state index in [1.807, 2.05) is 12.3 Å². The molecular formula is C16H20N2O. The van der Waals surface area contributed by atoms with Crippen molar-refractivity contribution in [2.75, 3.05) is 6.61 Å². The van der Waals surface area contributed by atoms with Crippen molar-refractivity contribution in [3.63, 3.8) is 0 Å². The van der Waals surface area contributed by atoms with Crippen LogP contribution in [0.2, 0.25) is 0 Å². The molecule has 19 heavy (non-hydrogen) atoms. The van der Waals surface area contributed by atoms with Gasteiger partial charge in [0.15, 0.2) is 0 Å². The summed E-state index contributed by atoms with van der Waals surface area (Å²) in [6.07, 6.45) is 8.09. The maximum Gasteiger partial charge on any atom is 0.0768 e. The molecular weight excluding hydrogens is 236 g/mol. The van der Waals surface area contributed by atoms with Crippen molar-refractivity contribution in [1.29, 1.82) is 5.26 Å². The lowest BCUT2D eigenvalue weighted by Gasteiger charge is -2.41. The van der Waals surface area contributed by atoms with Crippen molar-refractivity contribution in [2.45, 2.75) is 50.0 Å². The molecule has 2 fully saturated rings. The third-order valence-corrected chi connectivity index (χ3v) is 4.70. The summed E-state index contributed by atoms with van der Waals surface area (Å²) in [7, 11) is 0. The molecule has 2 heterocycles. The number of aromatic nitrogens is 1. The van der Waals surface area contributed by atoms with E-state index in [4.69, 9.17) is 10.00 Å². The van der Waals surface area contributed by atoms with E-state index in [1.165, 1.54) is 6.42 Å². The second-order valence-electron chi connectivity index (χ2n) is 5.83. The molecule has 1 aliphatic heterocycles. The van der Waals surface area contributed by atoms with Crippen LogP contribution in [0, 0.1) is 17.2 Å². The van der Waals surface area contributed by atoms with Crippen LogP contribution in [0.25, 0.3) is 0 Å². The molecule has 0 amide bonds. The van der Waals surface area contributed by atoms with Gasteiger partial charge in [-0.05, 0) is 50.2 Å². The first kappa shape index (κ1) is 12.6. The predicted molar refractivity (Wildman–Crippen MR) is 72.5 cm³/mol. The summed E-state index contributed by atoms with van der Waals surface area (Å²) in [5.74, 6) is 0.915. The van der Waals surface area contributed by atoms with Gasteiger partial charge in [-0.1, -0.05) is 6.07 Å². The van der Waals surface area contributed by atoms with Crippen LogP contribution in [0.1, 0.15) is 50.1 Å². The zero-order valence-corrected chi connectivity index (χ0v) is 11.2. The minimum atomic E-state index is -0.0475. The number of rotatable bonds is 2. The second kappa shape index (κ2) is 5.30. The van der Waals surface area contributed by atoms with Crippen LogP contribution in [0.15, 0.2) is 24.4 Å². The lowest BCUT2D eigenvalue weighted by molar-refractivity contribution is -0.103. The zero-order valence-electron chi connectivity index (χ0n) is 11.2. The Bertz CT molecular complexity index is 467. The summed E-state index contributed by atoms with van der Waals surface area (Å²) in [4.78, 5) is 4.54. The lowest BCUT2D eigenvalue weighted by atomic mass is 9.77. The van der Waals surface area contributed by atoms with E-state index >= 15 is 0 Å². The monoisotopic (exact) mass is 256 g/mol. The SMILES string of the molecule is N#CCC1CCOC2(CCCC2c2ccccn2)C1. The van der Waals surface area contributed by atoms with Gasteiger partial charge in [0.25, 0.3) is 0 Å². The highest BCUT2D eigenvalue weighted by Gasteiger charge is 2.48. The van der Waals surface area contributed by atoms with Crippen molar-refractivity contribution in [3.05, 3.63) is 30.1 Å². The molecule has 1 aromatic rings. The van der Waals surface area contributed by atoms with Crippen molar-refractivity contribution in [1.82, 2.24) is 4.98 Å². The standard InChI is InChI=1S/C16H20N2O/c17-9-6-13-7-11-19-16(12-13)8-3-4-14(16)15-5-1-2-10-18-15/h1-2,5,10,13-14H,3-4,6-8,11-12H2. The summed E-state index contributed by atoms with van der Waals surface area (Å²) in [6.45, 7) is 0.801. The van der Waals surface area contributed by atoms with Crippen LogP contribution in [-0.4, -0.2) is 17.2 Å². The molecule has 3 rings (SSSR count). The molecule has 3 heteroatoms. The Hall–Kier alpha value is -1.40. The first-order valence-electron chi connectivity index (χ1n) is 7.26. The number of pyridine rings is 1. The maximum atomic E-state index is 8.93. The first-order valence-corrected chi connectivity index (χ1v) is 7.26. The van der Waals surface area contributed by atoms with Crippen LogP contribution in [0.4, 0.5) is 0 Å². The molecule has 2 aliphatic rings. The summed E-state index contributed by atoms with van der Waals surface area (Å²) >= 11 is 0. The molecule has 100 valence electrons.